The van der Waals surface area contributed by atoms with Crippen LogP contribution in [0.15, 0.2) is 48.5 Å². The summed E-state index contributed by atoms with van der Waals surface area (Å²) >= 11 is 0. The van der Waals surface area contributed by atoms with Crippen LogP contribution < -0.4 is 15.0 Å². The van der Waals surface area contributed by atoms with E-state index in [9.17, 15) is 22.8 Å². The molecule has 0 radical (unpaired) electrons. The van der Waals surface area contributed by atoms with E-state index in [0.29, 0.717) is 13.0 Å². The predicted molar refractivity (Wildman–Crippen MR) is 99.3 cm³/mol. The van der Waals surface area contributed by atoms with E-state index in [0.717, 1.165) is 23.4 Å². The second-order valence-electron chi connectivity index (χ2n) is 7.19. The Hall–Kier alpha value is -3.03. The van der Waals surface area contributed by atoms with Gasteiger partial charge in [-0.05, 0) is 24.3 Å². The normalized spacial score (nSPS) is 21.5. The number of hydrogen-bond donors (Lipinski definition) is 1. The number of amides is 2. The SMILES string of the molecule is O=C(N[C@H]1CCOc2ccccc21)[C@H]1CC(=O)N(c2cccc(C(F)(F)F)c2)C1. The summed E-state index contributed by atoms with van der Waals surface area (Å²) in [4.78, 5) is 26.4. The predicted octanol–water partition coefficient (Wildman–Crippen LogP) is 3.70. The van der Waals surface area contributed by atoms with E-state index in [1.54, 1.807) is 0 Å². The van der Waals surface area contributed by atoms with Crippen molar-refractivity contribution in [3.63, 3.8) is 0 Å². The fourth-order valence-corrected chi connectivity index (χ4v) is 3.76. The van der Waals surface area contributed by atoms with Gasteiger partial charge in [-0.2, -0.15) is 13.2 Å². The van der Waals surface area contributed by atoms with Crippen LogP contribution in [0.5, 0.6) is 5.75 Å². The van der Waals surface area contributed by atoms with Gasteiger partial charge in [-0.3, -0.25) is 9.59 Å². The molecule has 4 rings (SSSR count). The van der Waals surface area contributed by atoms with Gasteiger partial charge in [-0.1, -0.05) is 24.3 Å². The van der Waals surface area contributed by atoms with Crippen molar-refractivity contribution in [2.45, 2.75) is 25.1 Å². The van der Waals surface area contributed by atoms with Crippen LogP contribution in [0.4, 0.5) is 18.9 Å². The van der Waals surface area contributed by atoms with Crippen molar-refractivity contribution >= 4 is 17.5 Å². The Labute approximate surface area is 165 Å². The fourth-order valence-electron chi connectivity index (χ4n) is 3.76. The van der Waals surface area contributed by atoms with Crippen LogP contribution in [-0.2, 0) is 15.8 Å². The van der Waals surface area contributed by atoms with Gasteiger partial charge >= 0.3 is 6.18 Å². The molecule has 2 aromatic rings. The van der Waals surface area contributed by atoms with Gasteiger partial charge in [-0.25, -0.2) is 0 Å². The van der Waals surface area contributed by atoms with Crippen molar-refractivity contribution in [1.29, 1.82) is 0 Å². The summed E-state index contributed by atoms with van der Waals surface area (Å²) in [5, 5.41) is 2.97. The lowest BCUT2D eigenvalue weighted by atomic mass is 9.99. The molecule has 5 nitrogen and oxygen atoms in total. The fraction of sp³-hybridized carbons (Fsp3) is 0.333. The first-order chi connectivity index (χ1) is 13.8. The highest BCUT2D eigenvalue weighted by atomic mass is 19.4. The molecule has 0 saturated carbocycles. The average molecular weight is 404 g/mol. The number of rotatable bonds is 3. The third kappa shape index (κ3) is 3.92. The Balaban J connectivity index is 1.47. The molecule has 2 heterocycles. The van der Waals surface area contributed by atoms with Gasteiger partial charge in [-0.15, -0.1) is 0 Å². The number of nitrogens with one attached hydrogen (secondary N) is 1. The first-order valence-corrected chi connectivity index (χ1v) is 9.32. The summed E-state index contributed by atoms with van der Waals surface area (Å²) < 4.78 is 44.5. The first-order valence-electron chi connectivity index (χ1n) is 9.32. The van der Waals surface area contributed by atoms with Crippen molar-refractivity contribution in [2.75, 3.05) is 18.1 Å². The molecule has 0 spiro atoms. The van der Waals surface area contributed by atoms with Gasteiger partial charge in [0.2, 0.25) is 11.8 Å². The Morgan fingerprint density at radius 1 is 1.14 bits per heavy atom. The summed E-state index contributed by atoms with van der Waals surface area (Å²) in [6, 6.07) is 11.8. The molecule has 2 amide bonds. The average Bonchev–Trinajstić information content (AvgIpc) is 3.10. The highest BCUT2D eigenvalue weighted by Gasteiger charge is 2.38. The van der Waals surface area contributed by atoms with E-state index in [4.69, 9.17) is 4.74 Å². The molecule has 2 aromatic carbocycles. The van der Waals surface area contributed by atoms with Crippen LogP contribution in [0.2, 0.25) is 0 Å². The lowest BCUT2D eigenvalue weighted by molar-refractivity contribution is -0.137. The smallest absolute Gasteiger partial charge is 0.416 e. The molecule has 2 atom stereocenters. The van der Waals surface area contributed by atoms with Crippen LogP contribution in [0.25, 0.3) is 0 Å². The van der Waals surface area contributed by atoms with E-state index < -0.39 is 17.7 Å². The van der Waals surface area contributed by atoms with Crippen LogP contribution in [-0.4, -0.2) is 25.0 Å². The molecule has 0 unspecified atom stereocenters. The number of halogens is 3. The summed E-state index contributed by atoms with van der Waals surface area (Å²) in [6.07, 6.45) is -3.92. The number of para-hydroxylation sites is 1. The summed E-state index contributed by atoms with van der Waals surface area (Å²) in [6.45, 7) is 0.527. The number of benzene rings is 2. The lowest BCUT2D eigenvalue weighted by Gasteiger charge is -2.27. The second kappa shape index (κ2) is 7.42. The zero-order valence-electron chi connectivity index (χ0n) is 15.4. The molecule has 2 aliphatic heterocycles. The van der Waals surface area contributed by atoms with Gasteiger partial charge in [0.15, 0.2) is 0 Å². The Morgan fingerprint density at radius 2 is 1.93 bits per heavy atom. The van der Waals surface area contributed by atoms with Gasteiger partial charge in [0.05, 0.1) is 24.1 Å². The minimum Gasteiger partial charge on any atom is -0.493 e. The van der Waals surface area contributed by atoms with Crippen molar-refractivity contribution in [3.8, 4) is 5.75 Å². The molecule has 1 N–H and O–H groups in total. The third-order valence-electron chi connectivity index (χ3n) is 5.26. The molecule has 152 valence electrons. The minimum absolute atomic E-state index is 0.0348. The molecule has 1 fully saturated rings. The first kappa shape index (κ1) is 19.3. The van der Waals surface area contributed by atoms with Gasteiger partial charge in [0.1, 0.15) is 5.75 Å². The minimum atomic E-state index is -4.49. The largest absolute Gasteiger partial charge is 0.493 e. The molecule has 0 bridgehead atoms. The number of anilines is 1. The van der Waals surface area contributed by atoms with E-state index >= 15 is 0 Å². The monoisotopic (exact) mass is 404 g/mol. The van der Waals surface area contributed by atoms with Gasteiger partial charge in [0.25, 0.3) is 0 Å². The zero-order valence-corrected chi connectivity index (χ0v) is 15.4. The van der Waals surface area contributed by atoms with Crippen LogP contribution in [0.3, 0.4) is 0 Å². The Morgan fingerprint density at radius 3 is 2.72 bits per heavy atom. The molecule has 1 saturated heterocycles. The maximum absolute atomic E-state index is 13.0. The zero-order chi connectivity index (χ0) is 20.6. The maximum Gasteiger partial charge on any atom is 0.416 e. The molecule has 2 aliphatic rings. The summed E-state index contributed by atoms with van der Waals surface area (Å²) in [5.74, 6) is -0.546. The standard InChI is InChI=1S/C21H19F3N2O3/c22-21(23,24)14-4-3-5-15(11-14)26-12-13(10-19(26)27)20(28)25-17-8-9-29-18-7-2-1-6-16(17)18/h1-7,11,13,17H,8-10,12H2,(H,25,28)/t13-,17-/m0/s1. The van der Waals surface area contributed by atoms with E-state index in [1.165, 1.54) is 17.0 Å². The van der Waals surface area contributed by atoms with E-state index in [-0.39, 0.29) is 36.5 Å². The van der Waals surface area contributed by atoms with Crippen LogP contribution in [0, 0.1) is 5.92 Å². The topological polar surface area (TPSA) is 58.6 Å². The van der Waals surface area contributed by atoms with Crippen molar-refractivity contribution in [2.24, 2.45) is 5.92 Å². The Kier molecular flexibility index (Phi) is 4.94. The number of nitrogens with zero attached hydrogens (tertiary/aromatic N) is 1. The van der Waals surface area contributed by atoms with Crippen molar-refractivity contribution in [1.82, 2.24) is 5.32 Å². The van der Waals surface area contributed by atoms with Crippen molar-refractivity contribution < 1.29 is 27.5 Å². The molecule has 0 aromatic heterocycles. The molecular weight excluding hydrogens is 385 g/mol. The quantitative estimate of drug-likeness (QED) is 0.849. The summed E-state index contributed by atoms with van der Waals surface area (Å²) in [5.41, 5.74) is 0.206. The molecule has 29 heavy (non-hydrogen) atoms. The van der Waals surface area contributed by atoms with Crippen LogP contribution in [0.1, 0.15) is 30.0 Å². The van der Waals surface area contributed by atoms with Crippen molar-refractivity contribution in [3.05, 3.63) is 59.7 Å². The number of alkyl halides is 3. The van der Waals surface area contributed by atoms with E-state index in [2.05, 4.69) is 5.32 Å². The second-order valence-corrected chi connectivity index (χ2v) is 7.19. The highest BCUT2D eigenvalue weighted by molar-refractivity contribution is 6.00. The summed E-state index contributed by atoms with van der Waals surface area (Å²) in [7, 11) is 0. The molecule has 8 heteroatoms. The molecular formula is C21H19F3N2O3. The number of carbonyl (C=O) groups is 2. The lowest BCUT2D eigenvalue weighted by Crippen LogP contribution is -2.37. The number of carbonyl (C=O) groups excluding carboxylic acids is 2. The Bertz CT molecular complexity index is 945. The molecule has 0 aliphatic carbocycles. The number of hydrogen-bond acceptors (Lipinski definition) is 3. The number of fused-ring (bicyclic) bond motifs is 1. The number of ether oxygens (including phenoxy) is 1. The highest BCUT2D eigenvalue weighted by Crippen LogP contribution is 2.35. The van der Waals surface area contributed by atoms with Gasteiger partial charge in [0, 0.05) is 30.6 Å². The third-order valence-corrected chi connectivity index (χ3v) is 5.26. The van der Waals surface area contributed by atoms with Crippen LogP contribution >= 0.6 is 0 Å². The maximum atomic E-state index is 13.0. The van der Waals surface area contributed by atoms with E-state index in [1.807, 2.05) is 24.3 Å². The van der Waals surface area contributed by atoms with Gasteiger partial charge < -0.3 is 15.0 Å².